The van der Waals surface area contributed by atoms with Crippen molar-refractivity contribution in [1.29, 1.82) is 0 Å². The summed E-state index contributed by atoms with van der Waals surface area (Å²) in [7, 11) is 1.65. The summed E-state index contributed by atoms with van der Waals surface area (Å²) in [5, 5.41) is 7.45. The van der Waals surface area contributed by atoms with Gasteiger partial charge in [-0.3, -0.25) is 4.79 Å². The quantitative estimate of drug-likeness (QED) is 0.336. The lowest BCUT2D eigenvalue weighted by Crippen LogP contribution is -2.30. The lowest BCUT2D eigenvalue weighted by Gasteiger charge is -2.16. The van der Waals surface area contributed by atoms with Gasteiger partial charge in [0.05, 0.1) is 18.5 Å². The van der Waals surface area contributed by atoms with E-state index in [1.807, 2.05) is 67.7 Å². The molecule has 2 heterocycles. The smallest absolute Gasteiger partial charge is 0.342 e. The first kappa shape index (κ1) is 24.5. The van der Waals surface area contributed by atoms with Crippen molar-refractivity contribution in [3.8, 4) is 11.4 Å². The molecule has 9 nitrogen and oxygen atoms in total. The Labute approximate surface area is 209 Å². The van der Waals surface area contributed by atoms with Gasteiger partial charge in [-0.1, -0.05) is 18.2 Å². The molecule has 4 rings (SSSR count). The van der Waals surface area contributed by atoms with E-state index in [0.717, 1.165) is 22.7 Å². The molecule has 0 fully saturated rings. The van der Waals surface area contributed by atoms with Crippen LogP contribution in [0.1, 0.15) is 22.8 Å². The number of anilines is 2. The van der Waals surface area contributed by atoms with Crippen molar-refractivity contribution >= 4 is 23.4 Å². The lowest BCUT2D eigenvalue weighted by molar-refractivity contribution is -0.133. The molecule has 36 heavy (non-hydrogen) atoms. The van der Waals surface area contributed by atoms with Crippen molar-refractivity contribution in [3.63, 3.8) is 0 Å². The van der Waals surface area contributed by atoms with E-state index in [-0.39, 0.29) is 18.1 Å². The second kappa shape index (κ2) is 11.7. The van der Waals surface area contributed by atoms with Crippen molar-refractivity contribution < 1.29 is 19.1 Å². The zero-order chi connectivity index (χ0) is 25.3. The molecule has 0 bridgehead atoms. The number of amides is 1. The molecule has 0 aliphatic heterocycles. The third-order valence-electron chi connectivity index (χ3n) is 5.28. The van der Waals surface area contributed by atoms with Gasteiger partial charge < -0.3 is 19.7 Å². The number of pyridine rings is 1. The minimum Gasteiger partial charge on any atom is -0.494 e. The van der Waals surface area contributed by atoms with E-state index in [4.69, 9.17) is 9.47 Å². The SMILES string of the molecule is CCOc1ccc(Nc2ncccc2C(=O)OCC(=O)N(C)Cc2cnn(-c3ccccc3)c2)cc1. The van der Waals surface area contributed by atoms with Crippen LogP contribution in [0.15, 0.2) is 85.3 Å². The topological polar surface area (TPSA) is 98.6 Å². The summed E-state index contributed by atoms with van der Waals surface area (Å²) < 4.78 is 12.5. The molecule has 0 radical (unpaired) electrons. The van der Waals surface area contributed by atoms with E-state index in [1.165, 1.54) is 4.90 Å². The number of hydrogen-bond donors (Lipinski definition) is 1. The molecule has 0 spiro atoms. The third-order valence-corrected chi connectivity index (χ3v) is 5.28. The van der Waals surface area contributed by atoms with Crippen LogP contribution in [-0.4, -0.2) is 51.8 Å². The fourth-order valence-electron chi connectivity index (χ4n) is 3.45. The molecule has 4 aromatic rings. The number of carbonyl (C=O) groups is 2. The highest BCUT2D eigenvalue weighted by Crippen LogP contribution is 2.22. The van der Waals surface area contributed by atoms with Gasteiger partial charge in [-0.05, 0) is 55.5 Å². The summed E-state index contributed by atoms with van der Waals surface area (Å²) in [5.74, 6) is 0.107. The Kier molecular flexibility index (Phi) is 7.92. The van der Waals surface area contributed by atoms with Gasteiger partial charge in [0, 0.05) is 37.2 Å². The summed E-state index contributed by atoms with van der Waals surface area (Å²) in [6, 6.07) is 20.2. The van der Waals surface area contributed by atoms with E-state index in [2.05, 4.69) is 15.4 Å². The Morgan fingerprint density at radius 2 is 1.81 bits per heavy atom. The van der Waals surface area contributed by atoms with Crippen LogP contribution < -0.4 is 10.1 Å². The number of benzene rings is 2. The largest absolute Gasteiger partial charge is 0.494 e. The number of rotatable bonds is 10. The number of ether oxygens (including phenoxy) is 2. The zero-order valence-corrected chi connectivity index (χ0v) is 20.1. The second-order valence-electron chi connectivity index (χ2n) is 7.94. The Morgan fingerprint density at radius 3 is 2.56 bits per heavy atom. The summed E-state index contributed by atoms with van der Waals surface area (Å²) in [6.07, 6.45) is 5.14. The minimum atomic E-state index is -0.643. The highest BCUT2D eigenvalue weighted by atomic mass is 16.5. The summed E-state index contributed by atoms with van der Waals surface area (Å²) in [5.41, 5.74) is 2.75. The Balaban J connectivity index is 1.33. The first-order valence-corrected chi connectivity index (χ1v) is 11.5. The van der Waals surface area contributed by atoms with Crippen molar-refractivity contribution in [3.05, 3.63) is 96.4 Å². The van der Waals surface area contributed by atoms with Crippen LogP contribution in [0.4, 0.5) is 11.5 Å². The standard InChI is InChI=1S/C27H27N5O4/c1-3-35-23-13-11-21(12-14-23)30-26-24(10-7-15-28-26)27(34)36-19-25(33)31(2)17-20-16-29-32(18-20)22-8-5-4-6-9-22/h4-16,18H,3,17,19H2,1-2H3,(H,28,30). The van der Waals surface area contributed by atoms with Gasteiger partial charge in [0.1, 0.15) is 17.1 Å². The lowest BCUT2D eigenvalue weighted by atomic mass is 10.2. The molecule has 1 N–H and O–H groups in total. The van der Waals surface area contributed by atoms with Crippen molar-refractivity contribution in [2.75, 3.05) is 25.6 Å². The number of nitrogens with zero attached hydrogens (tertiary/aromatic N) is 4. The molecule has 9 heteroatoms. The van der Waals surface area contributed by atoms with Crippen LogP contribution in [-0.2, 0) is 16.1 Å². The number of likely N-dealkylation sites (N-methyl/N-ethyl adjacent to an activating group) is 1. The highest BCUT2D eigenvalue weighted by Gasteiger charge is 2.18. The minimum absolute atomic E-state index is 0.228. The maximum atomic E-state index is 12.7. The Morgan fingerprint density at radius 1 is 1.03 bits per heavy atom. The molecule has 0 aliphatic carbocycles. The summed E-state index contributed by atoms with van der Waals surface area (Å²) >= 11 is 0. The van der Waals surface area contributed by atoms with Crippen LogP contribution in [0.2, 0.25) is 0 Å². The van der Waals surface area contributed by atoms with Crippen LogP contribution in [0.25, 0.3) is 5.69 Å². The number of aromatic nitrogens is 3. The van der Waals surface area contributed by atoms with Crippen LogP contribution in [0.5, 0.6) is 5.75 Å². The average Bonchev–Trinajstić information content (AvgIpc) is 3.37. The number of para-hydroxylation sites is 1. The fraction of sp³-hybridized carbons (Fsp3) is 0.185. The predicted molar refractivity (Wildman–Crippen MR) is 135 cm³/mol. The number of nitrogens with one attached hydrogen (secondary N) is 1. The van der Waals surface area contributed by atoms with Gasteiger partial charge in [0.25, 0.3) is 5.91 Å². The molecule has 0 aliphatic rings. The molecule has 184 valence electrons. The van der Waals surface area contributed by atoms with E-state index in [0.29, 0.717) is 19.0 Å². The first-order chi connectivity index (χ1) is 17.5. The van der Waals surface area contributed by atoms with Crippen molar-refractivity contribution in [1.82, 2.24) is 19.7 Å². The molecule has 0 atom stereocenters. The van der Waals surface area contributed by atoms with Crippen LogP contribution >= 0.6 is 0 Å². The van der Waals surface area contributed by atoms with E-state index in [1.54, 1.807) is 36.3 Å². The zero-order valence-electron chi connectivity index (χ0n) is 20.1. The molecular formula is C27H27N5O4. The molecule has 0 saturated heterocycles. The van der Waals surface area contributed by atoms with Gasteiger partial charge in [-0.2, -0.15) is 5.10 Å². The summed E-state index contributed by atoms with van der Waals surface area (Å²) in [6.45, 7) is 2.44. The Bertz CT molecular complexity index is 1310. The molecular weight excluding hydrogens is 458 g/mol. The van der Waals surface area contributed by atoms with Gasteiger partial charge in [-0.15, -0.1) is 0 Å². The molecule has 0 unspecified atom stereocenters. The van der Waals surface area contributed by atoms with Crippen molar-refractivity contribution in [2.24, 2.45) is 0 Å². The van der Waals surface area contributed by atoms with Gasteiger partial charge in [0.15, 0.2) is 6.61 Å². The van der Waals surface area contributed by atoms with E-state index < -0.39 is 5.97 Å². The maximum Gasteiger partial charge on any atom is 0.342 e. The van der Waals surface area contributed by atoms with E-state index in [9.17, 15) is 9.59 Å². The summed E-state index contributed by atoms with van der Waals surface area (Å²) in [4.78, 5) is 31.1. The van der Waals surface area contributed by atoms with Gasteiger partial charge in [0.2, 0.25) is 0 Å². The third kappa shape index (κ3) is 6.26. The predicted octanol–water partition coefficient (Wildman–Crippen LogP) is 4.23. The van der Waals surface area contributed by atoms with Crippen LogP contribution in [0.3, 0.4) is 0 Å². The number of carbonyl (C=O) groups excluding carboxylic acids is 2. The second-order valence-corrected chi connectivity index (χ2v) is 7.94. The average molecular weight is 486 g/mol. The van der Waals surface area contributed by atoms with Gasteiger partial charge >= 0.3 is 5.97 Å². The molecule has 1 amide bonds. The molecule has 2 aromatic heterocycles. The van der Waals surface area contributed by atoms with E-state index >= 15 is 0 Å². The first-order valence-electron chi connectivity index (χ1n) is 11.5. The molecule has 0 saturated carbocycles. The molecule has 2 aromatic carbocycles. The number of esters is 1. The number of hydrogen-bond acceptors (Lipinski definition) is 7. The monoisotopic (exact) mass is 485 g/mol. The normalized spacial score (nSPS) is 10.5. The fourth-order valence-corrected chi connectivity index (χ4v) is 3.45. The Hall–Kier alpha value is -4.66. The maximum absolute atomic E-state index is 12.7. The van der Waals surface area contributed by atoms with Crippen molar-refractivity contribution in [2.45, 2.75) is 13.5 Å². The highest BCUT2D eigenvalue weighted by molar-refractivity contribution is 5.96. The van der Waals surface area contributed by atoms with Crippen LogP contribution in [0, 0.1) is 0 Å². The van der Waals surface area contributed by atoms with Gasteiger partial charge in [-0.25, -0.2) is 14.5 Å².